The van der Waals surface area contributed by atoms with Crippen molar-refractivity contribution < 1.29 is 22.7 Å². The fourth-order valence-corrected chi connectivity index (χ4v) is 4.90. The van der Waals surface area contributed by atoms with Crippen LogP contribution in [0.1, 0.15) is 55.1 Å². The summed E-state index contributed by atoms with van der Waals surface area (Å²) >= 11 is 0. The van der Waals surface area contributed by atoms with Crippen molar-refractivity contribution in [1.29, 1.82) is 0 Å². The molecule has 1 N–H and O–H groups in total. The number of benzene rings is 1. The normalized spacial score (nSPS) is 20.1. The lowest BCUT2D eigenvalue weighted by Crippen LogP contribution is -2.21. The van der Waals surface area contributed by atoms with Gasteiger partial charge in [-0.3, -0.25) is 9.78 Å². The van der Waals surface area contributed by atoms with Crippen molar-refractivity contribution in [3.05, 3.63) is 71.4 Å². The zero-order valence-electron chi connectivity index (χ0n) is 19.2. The predicted octanol–water partition coefficient (Wildman–Crippen LogP) is 6.36. The molecule has 2 aromatic heterocycles. The van der Waals surface area contributed by atoms with Crippen LogP contribution in [-0.2, 0) is 0 Å². The number of hydrogen-bond acceptors (Lipinski definition) is 4. The monoisotopic (exact) mass is 469 g/mol. The average molecular weight is 470 g/mol. The highest BCUT2D eigenvalue weighted by Crippen LogP contribution is 2.41. The smallest absolute Gasteiger partial charge is 0.274 e. The van der Waals surface area contributed by atoms with Crippen molar-refractivity contribution in [3.8, 4) is 17.0 Å². The van der Waals surface area contributed by atoms with Crippen LogP contribution >= 0.6 is 0 Å². The summed E-state index contributed by atoms with van der Waals surface area (Å²) in [5.41, 5.74) is 0.0408. The van der Waals surface area contributed by atoms with Crippen molar-refractivity contribution >= 4 is 11.6 Å². The van der Waals surface area contributed by atoms with E-state index in [0.29, 0.717) is 17.5 Å². The molecule has 0 saturated heterocycles. The Labute approximate surface area is 196 Å². The lowest BCUT2D eigenvalue weighted by atomic mass is 9.74. The number of halogens is 3. The van der Waals surface area contributed by atoms with Gasteiger partial charge in [0.15, 0.2) is 11.6 Å². The summed E-state index contributed by atoms with van der Waals surface area (Å²) in [5.74, 6) is -2.55. The van der Waals surface area contributed by atoms with E-state index in [1.54, 1.807) is 12.4 Å². The Kier molecular flexibility index (Phi) is 6.86. The van der Waals surface area contributed by atoms with Crippen LogP contribution in [0, 0.1) is 29.3 Å². The predicted molar refractivity (Wildman–Crippen MR) is 123 cm³/mol. The number of nitrogens with one attached hydrogen (secondary N) is 1. The Morgan fingerprint density at radius 2 is 1.71 bits per heavy atom. The zero-order chi connectivity index (χ0) is 24.4. The van der Waals surface area contributed by atoms with Crippen LogP contribution in [0.15, 0.2) is 42.7 Å². The Morgan fingerprint density at radius 1 is 1.00 bits per heavy atom. The molecule has 2 heterocycles. The summed E-state index contributed by atoms with van der Waals surface area (Å²) < 4.78 is 48.6. The van der Waals surface area contributed by atoms with E-state index in [1.165, 1.54) is 19.6 Å². The summed E-state index contributed by atoms with van der Waals surface area (Å²) in [5, 5.41) is 2.81. The number of nitrogens with zero attached hydrogens (tertiary/aromatic N) is 2. The number of ether oxygens (including phenoxy) is 1. The van der Waals surface area contributed by atoms with E-state index in [-0.39, 0.29) is 17.4 Å². The maximum Gasteiger partial charge on any atom is 0.274 e. The summed E-state index contributed by atoms with van der Waals surface area (Å²) in [6.45, 7) is 4.45. The number of carbonyl (C=O) groups excluding carboxylic acids is 1. The Morgan fingerprint density at radius 3 is 2.41 bits per heavy atom. The van der Waals surface area contributed by atoms with Crippen LogP contribution in [0.4, 0.5) is 18.9 Å². The minimum atomic E-state index is -1.10. The summed E-state index contributed by atoms with van der Waals surface area (Å²) in [4.78, 5) is 21.1. The van der Waals surface area contributed by atoms with Gasteiger partial charge in [-0.15, -0.1) is 0 Å². The lowest BCUT2D eigenvalue weighted by molar-refractivity contribution is 0.102. The van der Waals surface area contributed by atoms with Gasteiger partial charge in [-0.2, -0.15) is 0 Å². The number of rotatable bonds is 5. The molecule has 2 unspecified atom stereocenters. The fraction of sp³-hybridized carbons (Fsp3) is 0.346. The summed E-state index contributed by atoms with van der Waals surface area (Å²) in [7, 11) is 1.22. The van der Waals surface area contributed by atoms with Gasteiger partial charge in [0.05, 0.1) is 24.6 Å². The molecular weight excluding hydrogens is 443 g/mol. The number of aromatic nitrogens is 2. The molecule has 0 bridgehead atoms. The summed E-state index contributed by atoms with van der Waals surface area (Å²) in [6.07, 6.45) is 6.44. The van der Waals surface area contributed by atoms with E-state index >= 15 is 0 Å². The molecule has 34 heavy (non-hydrogen) atoms. The first-order valence-electron chi connectivity index (χ1n) is 11.2. The molecule has 0 spiro atoms. The largest absolute Gasteiger partial charge is 0.494 e. The van der Waals surface area contributed by atoms with E-state index in [9.17, 15) is 18.0 Å². The molecule has 4 rings (SSSR count). The molecule has 0 aliphatic heterocycles. The maximum atomic E-state index is 14.7. The molecule has 3 aromatic rings. The maximum absolute atomic E-state index is 14.7. The Hall–Kier alpha value is -3.42. The van der Waals surface area contributed by atoms with Gasteiger partial charge in [-0.25, -0.2) is 18.2 Å². The minimum Gasteiger partial charge on any atom is -0.494 e. The number of pyridine rings is 2. The van der Waals surface area contributed by atoms with Gasteiger partial charge < -0.3 is 10.1 Å². The van der Waals surface area contributed by atoms with Crippen LogP contribution in [-0.4, -0.2) is 23.0 Å². The Balaban J connectivity index is 1.66. The number of carbonyl (C=O) groups is 1. The van der Waals surface area contributed by atoms with Gasteiger partial charge in [0.2, 0.25) is 0 Å². The van der Waals surface area contributed by atoms with Crippen molar-refractivity contribution in [2.75, 3.05) is 12.4 Å². The highest BCUT2D eigenvalue weighted by Gasteiger charge is 2.28. The first-order valence-corrected chi connectivity index (χ1v) is 11.2. The second kappa shape index (κ2) is 9.83. The summed E-state index contributed by atoms with van der Waals surface area (Å²) in [6, 6.07) is 6.09. The van der Waals surface area contributed by atoms with Crippen LogP contribution in [0.3, 0.4) is 0 Å². The van der Waals surface area contributed by atoms with Gasteiger partial charge in [0.25, 0.3) is 5.91 Å². The second-order valence-corrected chi connectivity index (χ2v) is 9.00. The van der Waals surface area contributed by atoms with Crippen molar-refractivity contribution in [3.63, 3.8) is 0 Å². The van der Waals surface area contributed by atoms with E-state index < -0.39 is 34.6 Å². The highest BCUT2D eigenvalue weighted by atomic mass is 19.1. The van der Waals surface area contributed by atoms with Crippen molar-refractivity contribution in [2.45, 2.75) is 39.0 Å². The van der Waals surface area contributed by atoms with Crippen LogP contribution in [0.2, 0.25) is 0 Å². The molecule has 1 saturated carbocycles. The van der Waals surface area contributed by atoms with Gasteiger partial charge in [-0.05, 0) is 72.9 Å². The van der Waals surface area contributed by atoms with Gasteiger partial charge in [-0.1, -0.05) is 13.8 Å². The number of hydrogen-bond donors (Lipinski definition) is 1. The SMILES string of the molecule is COc1ccc(F)c(-c2nc(C(=O)Nc3cnccc3C3CC(C)C[C@@H](C)C3)ccc2F)c1F. The molecule has 5 nitrogen and oxygen atoms in total. The molecule has 1 amide bonds. The lowest BCUT2D eigenvalue weighted by Gasteiger charge is -2.32. The van der Waals surface area contributed by atoms with Gasteiger partial charge in [0, 0.05) is 6.20 Å². The minimum absolute atomic E-state index is 0.182. The third-order valence-electron chi connectivity index (χ3n) is 6.31. The van der Waals surface area contributed by atoms with Crippen LogP contribution < -0.4 is 10.1 Å². The standard InChI is InChI=1S/C26H26F3N3O2/c1-14-10-15(2)12-16(11-14)17-8-9-30-13-21(17)32-26(33)20-6-4-19(28)25(31-20)23-18(27)5-7-22(34-3)24(23)29/h4-9,13-16H,10-12H2,1-3H3,(H,32,33)/t14-,15?,16?/m1/s1. The fourth-order valence-electron chi connectivity index (χ4n) is 4.90. The van der Waals surface area contributed by atoms with E-state index in [4.69, 9.17) is 4.74 Å². The molecule has 1 aliphatic carbocycles. The number of amides is 1. The van der Waals surface area contributed by atoms with Crippen LogP contribution in [0.5, 0.6) is 5.75 Å². The third kappa shape index (κ3) is 4.76. The van der Waals surface area contributed by atoms with Gasteiger partial charge >= 0.3 is 0 Å². The molecule has 3 atom stereocenters. The number of anilines is 1. The van der Waals surface area contributed by atoms with E-state index in [1.807, 2.05) is 6.07 Å². The first-order chi connectivity index (χ1) is 16.3. The molecule has 1 aliphatic rings. The van der Waals surface area contributed by atoms with E-state index in [2.05, 4.69) is 29.1 Å². The second-order valence-electron chi connectivity index (χ2n) is 9.00. The average Bonchev–Trinajstić information content (AvgIpc) is 2.80. The molecular formula is C26H26F3N3O2. The van der Waals surface area contributed by atoms with E-state index in [0.717, 1.165) is 36.6 Å². The quantitative estimate of drug-likeness (QED) is 0.472. The topological polar surface area (TPSA) is 64.1 Å². The van der Waals surface area contributed by atoms with Crippen LogP contribution in [0.25, 0.3) is 11.3 Å². The van der Waals surface area contributed by atoms with Gasteiger partial charge in [0.1, 0.15) is 23.0 Å². The molecule has 8 heteroatoms. The molecule has 0 radical (unpaired) electrons. The zero-order valence-corrected chi connectivity index (χ0v) is 19.2. The number of methoxy groups -OCH3 is 1. The van der Waals surface area contributed by atoms with Crippen molar-refractivity contribution in [2.24, 2.45) is 11.8 Å². The molecule has 178 valence electrons. The molecule has 1 fully saturated rings. The molecule has 1 aromatic carbocycles. The Bertz CT molecular complexity index is 1210. The third-order valence-corrected chi connectivity index (χ3v) is 6.31. The first kappa shape index (κ1) is 23.7. The van der Waals surface area contributed by atoms with Crippen molar-refractivity contribution in [1.82, 2.24) is 9.97 Å². The highest BCUT2D eigenvalue weighted by molar-refractivity contribution is 6.03.